The lowest BCUT2D eigenvalue weighted by Gasteiger charge is -2.37. The highest BCUT2D eigenvalue weighted by Gasteiger charge is 2.21. The molecule has 0 saturated carbocycles. The zero-order valence-electron chi connectivity index (χ0n) is 12.0. The van der Waals surface area contributed by atoms with E-state index < -0.39 is 0 Å². The average molecular weight is 251 g/mol. The van der Waals surface area contributed by atoms with E-state index in [0.29, 0.717) is 6.04 Å². The molecule has 1 aliphatic rings. The third kappa shape index (κ3) is 3.13. The van der Waals surface area contributed by atoms with Crippen molar-refractivity contribution in [2.24, 2.45) is 0 Å². The molecular weight excluding hydrogens is 226 g/mol. The van der Waals surface area contributed by atoms with Gasteiger partial charge in [-0.05, 0) is 34.0 Å². The second-order valence-electron chi connectivity index (χ2n) is 5.39. The first-order valence-electron chi connectivity index (χ1n) is 6.75. The molecule has 18 heavy (non-hydrogen) atoms. The summed E-state index contributed by atoms with van der Waals surface area (Å²) < 4.78 is 5.84. The van der Waals surface area contributed by atoms with Gasteiger partial charge in [0, 0.05) is 37.8 Å². The molecule has 1 aromatic rings. The van der Waals surface area contributed by atoms with Crippen LogP contribution in [-0.2, 0) is 13.1 Å². The molecule has 0 aliphatic carbocycles. The van der Waals surface area contributed by atoms with E-state index in [2.05, 4.69) is 35.2 Å². The summed E-state index contributed by atoms with van der Waals surface area (Å²) in [6, 6.07) is 2.82. The third-order valence-electron chi connectivity index (χ3n) is 3.86. The minimum atomic E-state index is 0.631. The number of rotatable bonds is 4. The first kappa shape index (κ1) is 13.6. The highest BCUT2D eigenvalue weighted by molar-refractivity contribution is 5.20. The van der Waals surface area contributed by atoms with E-state index in [-0.39, 0.29) is 0 Å². The van der Waals surface area contributed by atoms with Crippen LogP contribution < -0.4 is 5.32 Å². The monoisotopic (exact) mass is 251 g/mol. The molecule has 1 N–H and O–H groups in total. The van der Waals surface area contributed by atoms with Gasteiger partial charge >= 0.3 is 0 Å². The molecule has 1 aromatic heterocycles. The summed E-state index contributed by atoms with van der Waals surface area (Å²) in [5.74, 6) is 2.14. The van der Waals surface area contributed by atoms with Crippen molar-refractivity contribution in [3.05, 3.63) is 23.2 Å². The van der Waals surface area contributed by atoms with E-state index in [1.807, 2.05) is 14.0 Å². The molecule has 0 aromatic carbocycles. The molecule has 4 nitrogen and oxygen atoms in total. The molecule has 2 rings (SSSR count). The van der Waals surface area contributed by atoms with Gasteiger partial charge < -0.3 is 14.6 Å². The zero-order valence-corrected chi connectivity index (χ0v) is 12.0. The molecule has 2 heterocycles. The fourth-order valence-corrected chi connectivity index (χ4v) is 2.52. The van der Waals surface area contributed by atoms with Crippen molar-refractivity contribution < 1.29 is 4.42 Å². The van der Waals surface area contributed by atoms with Crippen molar-refractivity contribution in [2.45, 2.75) is 33.0 Å². The molecule has 102 valence electrons. The van der Waals surface area contributed by atoms with Crippen LogP contribution >= 0.6 is 0 Å². The molecule has 1 unspecified atom stereocenters. The second-order valence-corrected chi connectivity index (χ2v) is 5.39. The van der Waals surface area contributed by atoms with Crippen LogP contribution in [0.15, 0.2) is 10.5 Å². The number of nitrogens with zero attached hydrogens (tertiary/aromatic N) is 2. The van der Waals surface area contributed by atoms with Crippen molar-refractivity contribution in [3.63, 3.8) is 0 Å². The number of hydrogen-bond donors (Lipinski definition) is 1. The Labute approximate surface area is 110 Å². The Morgan fingerprint density at radius 3 is 2.89 bits per heavy atom. The number of nitrogens with one attached hydrogen (secondary N) is 1. The van der Waals surface area contributed by atoms with E-state index in [0.717, 1.165) is 44.2 Å². The number of furan rings is 1. The van der Waals surface area contributed by atoms with Crippen LogP contribution in [0.4, 0.5) is 0 Å². The van der Waals surface area contributed by atoms with Crippen molar-refractivity contribution in [3.8, 4) is 0 Å². The topological polar surface area (TPSA) is 31.6 Å². The maximum absolute atomic E-state index is 5.84. The van der Waals surface area contributed by atoms with Gasteiger partial charge in [-0.25, -0.2) is 0 Å². The average Bonchev–Trinajstić information content (AvgIpc) is 2.65. The van der Waals surface area contributed by atoms with Crippen LogP contribution in [0.1, 0.15) is 24.0 Å². The third-order valence-corrected chi connectivity index (χ3v) is 3.86. The van der Waals surface area contributed by atoms with E-state index in [4.69, 9.17) is 4.42 Å². The number of piperazine rings is 1. The molecule has 1 fully saturated rings. The van der Waals surface area contributed by atoms with Crippen LogP contribution in [0.5, 0.6) is 0 Å². The van der Waals surface area contributed by atoms with Gasteiger partial charge in [0.1, 0.15) is 11.5 Å². The smallest absolute Gasteiger partial charge is 0.118 e. The maximum atomic E-state index is 5.84. The summed E-state index contributed by atoms with van der Waals surface area (Å²) >= 11 is 0. The van der Waals surface area contributed by atoms with E-state index >= 15 is 0 Å². The standard InChI is InChI=1S/C14H25N3O/c1-11-9-17(6-5-16(11)4)10-14-7-13(8-15-3)12(2)18-14/h7,11,15H,5-6,8-10H2,1-4H3. The first-order chi connectivity index (χ1) is 8.60. The Kier molecular flexibility index (Phi) is 4.43. The number of likely N-dealkylation sites (N-methyl/N-ethyl adjacent to an activating group) is 1. The van der Waals surface area contributed by atoms with E-state index in [9.17, 15) is 0 Å². The van der Waals surface area contributed by atoms with Crippen molar-refractivity contribution in [2.75, 3.05) is 33.7 Å². The second kappa shape index (κ2) is 5.87. The normalized spacial score (nSPS) is 22.6. The lowest BCUT2D eigenvalue weighted by atomic mass is 10.2. The first-order valence-corrected chi connectivity index (χ1v) is 6.75. The van der Waals surface area contributed by atoms with Crippen LogP contribution in [0.2, 0.25) is 0 Å². The van der Waals surface area contributed by atoms with Crippen LogP contribution in [0.25, 0.3) is 0 Å². The summed E-state index contributed by atoms with van der Waals surface area (Å²) in [6.45, 7) is 9.54. The summed E-state index contributed by atoms with van der Waals surface area (Å²) in [4.78, 5) is 4.89. The van der Waals surface area contributed by atoms with Gasteiger partial charge in [-0.1, -0.05) is 0 Å². The Bertz CT molecular complexity index is 388. The highest BCUT2D eigenvalue weighted by Crippen LogP contribution is 2.18. The van der Waals surface area contributed by atoms with Gasteiger partial charge in [-0.15, -0.1) is 0 Å². The minimum absolute atomic E-state index is 0.631. The Balaban J connectivity index is 1.95. The van der Waals surface area contributed by atoms with Crippen molar-refractivity contribution in [1.29, 1.82) is 0 Å². The predicted molar refractivity (Wildman–Crippen MR) is 73.6 cm³/mol. The summed E-state index contributed by atoms with van der Waals surface area (Å²) in [5, 5.41) is 3.17. The zero-order chi connectivity index (χ0) is 13.1. The van der Waals surface area contributed by atoms with Gasteiger partial charge in [0.2, 0.25) is 0 Å². The van der Waals surface area contributed by atoms with Gasteiger partial charge in [0.05, 0.1) is 6.54 Å². The van der Waals surface area contributed by atoms with E-state index in [1.54, 1.807) is 0 Å². The predicted octanol–water partition coefficient (Wildman–Crippen LogP) is 1.44. The molecule has 0 bridgehead atoms. The molecule has 1 atom stereocenters. The maximum Gasteiger partial charge on any atom is 0.118 e. The fourth-order valence-electron chi connectivity index (χ4n) is 2.52. The van der Waals surface area contributed by atoms with Crippen LogP contribution in [-0.4, -0.2) is 49.6 Å². The molecule has 0 amide bonds. The SMILES string of the molecule is CNCc1cc(CN2CCN(C)C(C)C2)oc1C. The number of hydrogen-bond acceptors (Lipinski definition) is 4. The minimum Gasteiger partial charge on any atom is -0.465 e. The van der Waals surface area contributed by atoms with Gasteiger partial charge in [0.25, 0.3) is 0 Å². The molecule has 1 saturated heterocycles. The summed E-state index contributed by atoms with van der Waals surface area (Å²) in [7, 11) is 4.17. The van der Waals surface area contributed by atoms with Crippen molar-refractivity contribution >= 4 is 0 Å². The quantitative estimate of drug-likeness (QED) is 0.877. The van der Waals surface area contributed by atoms with Gasteiger partial charge in [0.15, 0.2) is 0 Å². The van der Waals surface area contributed by atoms with Gasteiger partial charge in [-0.3, -0.25) is 4.90 Å². The lowest BCUT2D eigenvalue weighted by molar-refractivity contribution is 0.0944. The van der Waals surface area contributed by atoms with Gasteiger partial charge in [-0.2, -0.15) is 0 Å². The molecule has 0 spiro atoms. The highest BCUT2D eigenvalue weighted by atomic mass is 16.3. The molecular formula is C14H25N3O. The molecule has 4 heteroatoms. The largest absolute Gasteiger partial charge is 0.465 e. The summed E-state index contributed by atoms with van der Waals surface area (Å²) in [5.41, 5.74) is 1.27. The lowest BCUT2D eigenvalue weighted by Crippen LogP contribution is -2.49. The Morgan fingerprint density at radius 1 is 1.44 bits per heavy atom. The Morgan fingerprint density at radius 2 is 2.22 bits per heavy atom. The Hall–Kier alpha value is -0.840. The van der Waals surface area contributed by atoms with E-state index in [1.165, 1.54) is 5.56 Å². The van der Waals surface area contributed by atoms with Crippen LogP contribution in [0, 0.1) is 6.92 Å². The van der Waals surface area contributed by atoms with Crippen LogP contribution in [0.3, 0.4) is 0 Å². The number of aryl methyl sites for hydroxylation is 1. The fraction of sp³-hybridized carbons (Fsp3) is 0.714. The van der Waals surface area contributed by atoms with Crippen molar-refractivity contribution in [1.82, 2.24) is 15.1 Å². The molecule has 1 aliphatic heterocycles. The summed E-state index contributed by atoms with van der Waals surface area (Å²) in [6.07, 6.45) is 0. The molecule has 0 radical (unpaired) electrons.